The van der Waals surface area contributed by atoms with Gasteiger partial charge in [-0.25, -0.2) is 0 Å². The predicted molar refractivity (Wildman–Crippen MR) is 104 cm³/mol. The van der Waals surface area contributed by atoms with Crippen molar-refractivity contribution >= 4 is 17.5 Å². The lowest BCUT2D eigenvalue weighted by Crippen LogP contribution is -3.14. The Kier molecular flexibility index (Phi) is 7.78. The maximum atomic E-state index is 13.1. The Morgan fingerprint density at radius 3 is 2.17 bits per heavy atom. The molecule has 1 unspecified atom stereocenters. The minimum absolute atomic E-state index is 0.0437. The van der Waals surface area contributed by atoms with Crippen LogP contribution in [0.3, 0.4) is 0 Å². The Bertz CT molecular complexity index is 825. The van der Waals surface area contributed by atoms with Crippen molar-refractivity contribution in [3.63, 3.8) is 0 Å². The zero-order chi connectivity index (χ0) is 21.4. The molecule has 0 saturated carbocycles. The van der Waals surface area contributed by atoms with Crippen LogP contribution in [0.5, 0.6) is 0 Å². The van der Waals surface area contributed by atoms with Crippen molar-refractivity contribution in [2.45, 2.75) is 26.1 Å². The highest BCUT2D eigenvalue weighted by atomic mass is 19.4. The Labute approximate surface area is 167 Å². The van der Waals surface area contributed by atoms with Crippen molar-refractivity contribution in [2.75, 3.05) is 25.0 Å². The highest BCUT2D eigenvalue weighted by Crippen LogP contribution is 2.34. The van der Waals surface area contributed by atoms with E-state index in [9.17, 15) is 22.8 Å². The summed E-state index contributed by atoms with van der Waals surface area (Å²) in [5, 5.41) is 5.18. The normalized spacial score (nSPS) is 13.4. The maximum absolute atomic E-state index is 13.1. The summed E-state index contributed by atoms with van der Waals surface area (Å²) in [6.45, 7) is 4.07. The topological polar surface area (TPSA) is 62.6 Å². The second-order valence-electron chi connectivity index (χ2n) is 6.75. The van der Waals surface area contributed by atoms with Crippen LogP contribution in [-0.4, -0.2) is 31.4 Å². The summed E-state index contributed by atoms with van der Waals surface area (Å²) in [5.74, 6) is -0.816. The van der Waals surface area contributed by atoms with Gasteiger partial charge in [0.05, 0.1) is 23.8 Å². The summed E-state index contributed by atoms with van der Waals surface area (Å²) in [5.41, 5.74) is -0.233. The van der Waals surface area contributed by atoms with Gasteiger partial charge in [-0.3, -0.25) is 9.59 Å². The number of amides is 2. The molecule has 5 nitrogen and oxygen atoms in total. The van der Waals surface area contributed by atoms with Crippen LogP contribution in [0.15, 0.2) is 54.6 Å². The van der Waals surface area contributed by atoms with Crippen molar-refractivity contribution in [3.05, 3.63) is 65.7 Å². The van der Waals surface area contributed by atoms with Crippen LogP contribution in [0.4, 0.5) is 18.9 Å². The van der Waals surface area contributed by atoms with E-state index in [0.29, 0.717) is 11.4 Å². The molecule has 2 aromatic carbocycles. The van der Waals surface area contributed by atoms with Crippen LogP contribution < -0.4 is 15.5 Å². The Balaban J connectivity index is 1.93. The number of carbonyl (C=O) groups is 2. The summed E-state index contributed by atoms with van der Waals surface area (Å²) in [6, 6.07) is 14.1. The summed E-state index contributed by atoms with van der Waals surface area (Å²) in [4.78, 5) is 25.2. The number of hydrogen-bond acceptors (Lipinski definition) is 2. The highest BCUT2D eigenvalue weighted by Gasteiger charge is 2.33. The molecular formula is C21H25F3N3O2+. The number of quaternary nitrogens is 1. The first kappa shape index (κ1) is 22.4. The number of anilines is 1. The third-order valence-corrected chi connectivity index (χ3v) is 4.50. The largest absolute Gasteiger partial charge is 0.418 e. The highest BCUT2D eigenvalue weighted by molar-refractivity contribution is 5.92. The lowest BCUT2D eigenvalue weighted by atomic mass is 10.1. The SMILES string of the molecule is CC[NH+](CC(=O)Nc1ccccc1C(F)(F)F)CC(=O)N[C@H](C)c1ccccc1. The minimum atomic E-state index is -4.56. The second kappa shape index (κ2) is 10.1. The van der Waals surface area contributed by atoms with E-state index in [0.717, 1.165) is 11.6 Å². The Hall–Kier alpha value is -2.87. The molecule has 8 heteroatoms. The van der Waals surface area contributed by atoms with Crippen LogP contribution in [0, 0.1) is 0 Å². The Morgan fingerprint density at radius 1 is 0.966 bits per heavy atom. The number of hydrogen-bond donors (Lipinski definition) is 3. The van der Waals surface area contributed by atoms with E-state index < -0.39 is 17.6 Å². The first-order valence-corrected chi connectivity index (χ1v) is 9.34. The van der Waals surface area contributed by atoms with E-state index in [2.05, 4.69) is 10.6 Å². The number of benzene rings is 2. The third kappa shape index (κ3) is 6.90. The van der Waals surface area contributed by atoms with E-state index >= 15 is 0 Å². The molecule has 156 valence electrons. The fourth-order valence-electron chi connectivity index (χ4n) is 2.92. The molecule has 3 N–H and O–H groups in total. The van der Waals surface area contributed by atoms with E-state index in [-0.39, 0.29) is 30.7 Å². The number of rotatable bonds is 8. The molecule has 2 rings (SSSR count). The molecule has 29 heavy (non-hydrogen) atoms. The van der Waals surface area contributed by atoms with Crippen molar-refractivity contribution < 1.29 is 27.7 Å². The fourth-order valence-corrected chi connectivity index (χ4v) is 2.92. The van der Waals surface area contributed by atoms with E-state index in [4.69, 9.17) is 0 Å². The third-order valence-electron chi connectivity index (χ3n) is 4.50. The average molecular weight is 408 g/mol. The lowest BCUT2D eigenvalue weighted by Gasteiger charge is -2.20. The molecule has 0 saturated heterocycles. The van der Waals surface area contributed by atoms with Crippen molar-refractivity contribution in [1.29, 1.82) is 0 Å². The molecule has 2 atom stereocenters. The summed E-state index contributed by atoms with van der Waals surface area (Å²) in [6.07, 6.45) is -4.56. The van der Waals surface area contributed by atoms with Crippen LogP contribution in [-0.2, 0) is 15.8 Å². The molecule has 0 aliphatic rings. The van der Waals surface area contributed by atoms with E-state index in [1.54, 1.807) is 6.92 Å². The van der Waals surface area contributed by atoms with E-state index in [1.165, 1.54) is 18.2 Å². The molecule has 0 radical (unpaired) electrons. The van der Waals surface area contributed by atoms with Crippen molar-refractivity contribution in [2.24, 2.45) is 0 Å². The number of halogens is 3. The standard InChI is InChI=1S/C21H24F3N3O2/c1-3-27(13-19(28)25-15(2)16-9-5-4-6-10-16)14-20(29)26-18-12-8-7-11-17(18)21(22,23)24/h4-12,15H,3,13-14H2,1-2H3,(H,25,28)(H,26,29)/p+1/t15-/m1/s1. The number of likely N-dealkylation sites (N-methyl/N-ethyl adjacent to an activating group) is 1. The lowest BCUT2D eigenvalue weighted by molar-refractivity contribution is -0.881. The zero-order valence-electron chi connectivity index (χ0n) is 16.3. The van der Waals surface area contributed by atoms with Crippen molar-refractivity contribution in [1.82, 2.24) is 5.32 Å². The molecule has 0 bridgehead atoms. The molecule has 0 spiro atoms. The molecule has 0 aliphatic carbocycles. The van der Waals surface area contributed by atoms with Gasteiger partial charge in [-0.2, -0.15) is 13.2 Å². The van der Waals surface area contributed by atoms with Crippen LogP contribution >= 0.6 is 0 Å². The van der Waals surface area contributed by atoms with Gasteiger partial charge in [0.25, 0.3) is 11.8 Å². The molecule has 0 aliphatic heterocycles. The minimum Gasteiger partial charge on any atom is -0.345 e. The summed E-state index contributed by atoms with van der Waals surface area (Å²) in [7, 11) is 0. The monoisotopic (exact) mass is 408 g/mol. The van der Waals surface area contributed by atoms with Gasteiger partial charge in [-0.15, -0.1) is 0 Å². The van der Waals surface area contributed by atoms with Gasteiger partial charge in [0.1, 0.15) is 0 Å². The van der Waals surface area contributed by atoms with E-state index in [1.807, 2.05) is 37.3 Å². The zero-order valence-corrected chi connectivity index (χ0v) is 16.3. The molecule has 2 aromatic rings. The van der Waals surface area contributed by atoms with Gasteiger partial charge in [-0.1, -0.05) is 42.5 Å². The van der Waals surface area contributed by atoms with Gasteiger partial charge in [-0.05, 0) is 31.5 Å². The predicted octanol–water partition coefficient (Wildman–Crippen LogP) is 2.43. The smallest absolute Gasteiger partial charge is 0.345 e. The summed E-state index contributed by atoms with van der Waals surface area (Å²) < 4.78 is 39.2. The van der Waals surface area contributed by atoms with Gasteiger partial charge >= 0.3 is 6.18 Å². The Morgan fingerprint density at radius 2 is 1.55 bits per heavy atom. The molecule has 2 amide bonds. The van der Waals surface area contributed by atoms with Crippen LogP contribution in [0.25, 0.3) is 0 Å². The van der Waals surface area contributed by atoms with Gasteiger partial charge in [0, 0.05) is 0 Å². The maximum Gasteiger partial charge on any atom is 0.418 e. The molecular weight excluding hydrogens is 383 g/mol. The molecule has 0 fully saturated rings. The van der Waals surface area contributed by atoms with Gasteiger partial charge < -0.3 is 15.5 Å². The number of nitrogens with one attached hydrogen (secondary N) is 3. The average Bonchev–Trinajstić information content (AvgIpc) is 2.67. The molecule has 0 heterocycles. The first-order chi connectivity index (χ1) is 13.7. The number of para-hydroxylation sites is 1. The fraction of sp³-hybridized carbons (Fsp3) is 0.333. The molecule has 0 aromatic heterocycles. The summed E-state index contributed by atoms with van der Waals surface area (Å²) >= 11 is 0. The first-order valence-electron chi connectivity index (χ1n) is 9.34. The quantitative estimate of drug-likeness (QED) is 0.628. The van der Waals surface area contributed by atoms with Crippen molar-refractivity contribution in [3.8, 4) is 0 Å². The number of alkyl halides is 3. The second-order valence-corrected chi connectivity index (χ2v) is 6.75. The van der Waals surface area contributed by atoms with Crippen LogP contribution in [0.1, 0.15) is 31.0 Å². The van der Waals surface area contributed by atoms with Gasteiger partial charge in [0.15, 0.2) is 13.1 Å². The number of carbonyl (C=O) groups excluding carboxylic acids is 2. The van der Waals surface area contributed by atoms with Crippen LogP contribution in [0.2, 0.25) is 0 Å². The van der Waals surface area contributed by atoms with Gasteiger partial charge in [0.2, 0.25) is 0 Å².